The van der Waals surface area contributed by atoms with Crippen molar-refractivity contribution in [2.24, 2.45) is 11.1 Å². The van der Waals surface area contributed by atoms with E-state index in [9.17, 15) is 4.79 Å². The van der Waals surface area contributed by atoms with Crippen molar-refractivity contribution in [2.75, 3.05) is 44.3 Å². The van der Waals surface area contributed by atoms with Crippen LogP contribution in [0.2, 0.25) is 0 Å². The highest BCUT2D eigenvalue weighted by molar-refractivity contribution is 5.92. The number of nitrogens with zero attached hydrogens (tertiary/aromatic N) is 4. The molecule has 4 heterocycles. The van der Waals surface area contributed by atoms with Crippen LogP contribution >= 0.6 is 0 Å². The first kappa shape index (κ1) is 25.2. The normalized spacial score (nSPS) is 20.7. The molecule has 9 nitrogen and oxygen atoms in total. The van der Waals surface area contributed by atoms with Gasteiger partial charge < -0.3 is 15.4 Å². The SMILES string of the molecule is C=C(c1cccc(CN2CCOCC2)c1)c1[nH]nc2nc(N3CCC4(CC3)Cc3ccccc3[C@H]4N)[nH]c(=O)c12. The Morgan fingerprint density at radius 2 is 1.90 bits per heavy atom. The summed E-state index contributed by atoms with van der Waals surface area (Å²) in [4.78, 5) is 25.7. The Bertz CT molecular complexity index is 1630. The lowest BCUT2D eigenvalue weighted by molar-refractivity contribution is 0.0342. The van der Waals surface area contributed by atoms with Crippen molar-refractivity contribution in [2.45, 2.75) is 31.8 Å². The Morgan fingerprint density at radius 1 is 1.10 bits per heavy atom. The number of anilines is 1. The van der Waals surface area contributed by atoms with Gasteiger partial charge in [0.25, 0.3) is 5.56 Å². The number of nitrogens with two attached hydrogens (primary N) is 1. The summed E-state index contributed by atoms with van der Waals surface area (Å²) in [6.45, 7) is 10.1. The van der Waals surface area contributed by atoms with Gasteiger partial charge in [-0.25, -0.2) is 0 Å². The van der Waals surface area contributed by atoms with E-state index in [1.165, 1.54) is 16.7 Å². The summed E-state index contributed by atoms with van der Waals surface area (Å²) < 4.78 is 5.47. The molecule has 0 radical (unpaired) electrons. The van der Waals surface area contributed by atoms with Crippen molar-refractivity contribution in [3.63, 3.8) is 0 Å². The summed E-state index contributed by atoms with van der Waals surface area (Å²) in [6.07, 6.45) is 2.92. The van der Waals surface area contributed by atoms with E-state index >= 15 is 0 Å². The molecular formula is C31H35N7O2. The van der Waals surface area contributed by atoms with Gasteiger partial charge in [-0.05, 0) is 53.0 Å². The van der Waals surface area contributed by atoms with Crippen molar-refractivity contribution in [3.8, 4) is 0 Å². The highest BCUT2D eigenvalue weighted by Gasteiger charge is 2.46. The van der Waals surface area contributed by atoms with E-state index in [2.05, 4.69) is 68.0 Å². The summed E-state index contributed by atoms with van der Waals surface area (Å²) in [6, 6.07) is 16.9. The number of aromatic amines is 2. The van der Waals surface area contributed by atoms with Crippen LogP contribution in [0.15, 0.2) is 59.9 Å². The summed E-state index contributed by atoms with van der Waals surface area (Å²) in [5, 5.41) is 7.91. The topological polar surface area (TPSA) is 116 Å². The smallest absolute Gasteiger partial charge is 0.264 e. The number of nitrogens with one attached hydrogen (secondary N) is 2. The van der Waals surface area contributed by atoms with Gasteiger partial charge in [-0.3, -0.25) is 19.8 Å². The highest BCUT2D eigenvalue weighted by atomic mass is 16.5. The Labute approximate surface area is 233 Å². The maximum atomic E-state index is 13.4. The lowest BCUT2D eigenvalue weighted by Crippen LogP contribution is -2.45. The predicted octanol–water partition coefficient (Wildman–Crippen LogP) is 3.38. The molecule has 206 valence electrons. The molecule has 40 heavy (non-hydrogen) atoms. The number of benzene rings is 2. The molecule has 2 saturated heterocycles. The zero-order valence-electron chi connectivity index (χ0n) is 22.7. The first-order valence-corrected chi connectivity index (χ1v) is 14.2. The van der Waals surface area contributed by atoms with E-state index in [1.807, 2.05) is 12.1 Å². The van der Waals surface area contributed by atoms with Crippen LogP contribution in [0.4, 0.5) is 5.95 Å². The number of morpholine rings is 1. The van der Waals surface area contributed by atoms with Crippen LogP contribution in [0.25, 0.3) is 16.6 Å². The van der Waals surface area contributed by atoms with Crippen LogP contribution in [-0.4, -0.2) is 64.5 Å². The van der Waals surface area contributed by atoms with Gasteiger partial charge in [-0.15, -0.1) is 0 Å². The molecule has 1 spiro atoms. The lowest BCUT2D eigenvalue weighted by Gasteiger charge is -2.42. The molecule has 3 aliphatic rings. The third kappa shape index (κ3) is 4.34. The fourth-order valence-corrected chi connectivity index (χ4v) is 6.78. The number of H-pyrrole nitrogens is 2. The maximum absolute atomic E-state index is 13.4. The second-order valence-electron chi connectivity index (χ2n) is 11.5. The molecule has 0 bridgehead atoms. The van der Waals surface area contributed by atoms with Crippen LogP contribution in [0, 0.1) is 5.41 Å². The summed E-state index contributed by atoms with van der Waals surface area (Å²) >= 11 is 0. The third-order valence-electron chi connectivity index (χ3n) is 9.15. The fraction of sp³-hybridized carbons (Fsp3) is 0.387. The minimum Gasteiger partial charge on any atom is -0.379 e. The second-order valence-corrected chi connectivity index (χ2v) is 11.5. The van der Waals surface area contributed by atoms with Crippen LogP contribution in [0.3, 0.4) is 0 Å². The van der Waals surface area contributed by atoms with Gasteiger partial charge in [0, 0.05) is 44.3 Å². The van der Waals surface area contributed by atoms with Gasteiger partial charge in [-0.1, -0.05) is 49.0 Å². The first-order valence-electron chi connectivity index (χ1n) is 14.2. The number of piperidine rings is 1. The van der Waals surface area contributed by atoms with Crippen molar-refractivity contribution >= 4 is 22.6 Å². The van der Waals surface area contributed by atoms with Crippen molar-refractivity contribution in [3.05, 3.63) is 93.4 Å². The fourth-order valence-electron chi connectivity index (χ4n) is 6.78. The zero-order valence-corrected chi connectivity index (χ0v) is 22.7. The van der Waals surface area contributed by atoms with E-state index in [0.29, 0.717) is 22.7 Å². The van der Waals surface area contributed by atoms with E-state index in [4.69, 9.17) is 15.5 Å². The molecule has 0 unspecified atom stereocenters. The van der Waals surface area contributed by atoms with Crippen molar-refractivity contribution in [1.29, 1.82) is 0 Å². The van der Waals surface area contributed by atoms with Gasteiger partial charge in [0.05, 0.1) is 18.9 Å². The Morgan fingerprint density at radius 3 is 2.70 bits per heavy atom. The Kier molecular flexibility index (Phi) is 6.30. The van der Waals surface area contributed by atoms with Crippen LogP contribution in [-0.2, 0) is 17.7 Å². The quantitative estimate of drug-likeness (QED) is 0.357. The zero-order chi connectivity index (χ0) is 27.3. The first-order chi connectivity index (χ1) is 19.5. The van der Waals surface area contributed by atoms with Crippen LogP contribution < -0.4 is 16.2 Å². The predicted molar refractivity (Wildman–Crippen MR) is 156 cm³/mol. The van der Waals surface area contributed by atoms with Crippen molar-refractivity contribution in [1.82, 2.24) is 25.1 Å². The molecule has 1 aliphatic carbocycles. The van der Waals surface area contributed by atoms with E-state index in [-0.39, 0.29) is 17.0 Å². The van der Waals surface area contributed by atoms with E-state index < -0.39 is 0 Å². The molecule has 2 aromatic carbocycles. The van der Waals surface area contributed by atoms with Crippen LogP contribution in [0.5, 0.6) is 0 Å². The monoisotopic (exact) mass is 537 g/mol. The van der Waals surface area contributed by atoms with Gasteiger partial charge >= 0.3 is 0 Å². The average molecular weight is 538 g/mol. The van der Waals surface area contributed by atoms with Gasteiger partial charge in [0.15, 0.2) is 5.65 Å². The molecule has 1 atom stereocenters. The number of aromatic nitrogens is 4. The number of hydrogen-bond donors (Lipinski definition) is 3. The number of ether oxygens (including phenoxy) is 1. The molecule has 0 amide bonds. The molecule has 4 aromatic rings. The summed E-state index contributed by atoms with van der Waals surface area (Å²) in [5.74, 6) is 0.563. The van der Waals surface area contributed by atoms with Gasteiger partial charge in [0.2, 0.25) is 5.95 Å². The van der Waals surface area contributed by atoms with Crippen LogP contribution in [0.1, 0.15) is 46.8 Å². The summed E-state index contributed by atoms with van der Waals surface area (Å²) in [5.41, 5.74) is 13.1. The Hall–Kier alpha value is -3.79. The molecule has 7 rings (SSSR count). The largest absolute Gasteiger partial charge is 0.379 e. The molecule has 2 aliphatic heterocycles. The second kappa shape index (κ2) is 9.99. The molecule has 4 N–H and O–H groups in total. The number of hydrogen-bond acceptors (Lipinski definition) is 7. The maximum Gasteiger partial charge on any atom is 0.264 e. The molecular weight excluding hydrogens is 502 g/mol. The van der Waals surface area contributed by atoms with Gasteiger partial charge in [0.1, 0.15) is 5.39 Å². The average Bonchev–Trinajstić information content (AvgIpc) is 3.53. The van der Waals surface area contributed by atoms with Gasteiger partial charge in [-0.2, -0.15) is 10.1 Å². The van der Waals surface area contributed by atoms with Crippen molar-refractivity contribution < 1.29 is 4.74 Å². The summed E-state index contributed by atoms with van der Waals surface area (Å²) in [7, 11) is 0. The molecule has 9 heteroatoms. The number of fused-ring (bicyclic) bond motifs is 2. The highest BCUT2D eigenvalue weighted by Crippen LogP contribution is 2.50. The standard InChI is InChI=1S/C31H35N7O2/c1-20(22-7-4-5-21(17-22)19-37-13-15-40-16-14-37)26-25-28(36-35-26)33-30(34-29(25)39)38-11-9-31(10-12-38)18-23-6-2-3-8-24(23)27(31)32/h2-8,17,27H,1,9-16,18-19,32H2,(H2,33,34,35,36,39)/t27-/m1/s1. The lowest BCUT2D eigenvalue weighted by atomic mass is 9.73. The number of rotatable bonds is 5. The molecule has 0 saturated carbocycles. The minimum absolute atomic E-state index is 0.0487. The van der Waals surface area contributed by atoms with E-state index in [0.717, 1.165) is 76.3 Å². The third-order valence-corrected chi connectivity index (χ3v) is 9.15. The van der Waals surface area contributed by atoms with E-state index in [1.54, 1.807) is 0 Å². The minimum atomic E-state index is -0.209. The Balaban J connectivity index is 1.09. The molecule has 2 fully saturated rings. The molecule has 2 aromatic heterocycles.